The second kappa shape index (κ2) is 9.96. The molecule has 1 atom stereocenters. The highest BCUT2D eigenvalue weighted by Crippen LogP contribution is 2.15. The van der Waals surface area contributed by atoms with Gasteiger partial charge in [-0.15, -0.1) is 0 Å². The minimum atomic E-state index is -1.12. The molecule has 0 aliphatic carbocycles. The van der Waals surface area contributed by atoms with Crippen LogP contribution in [0.1, 0.15) is 18.1 Å². The molecule has 0 fully saturated rings. The van der Waals surface area contributed by atoms with Crippen LogP contribution < -0.4 is 15.4 Å². The monoisotopic (exact) mass is 370 g/mol. The summed E-state index contributed by atoms with van der Waals surface area (Å²) in [6.07, 6.45) is -1.12. The third-order valence-electron chi connectivity index (χ3n) is 3.65. The first kappa shape index (κ1) is 20.0. The summed E-state index contributed by atoms with van der Waals surface area (Å²) in [7, 11) is 0. The van der Waals surface area contributed by atoms with Gasteiger partial charge in [0.05, 0.1) is 0 Å². The predicted octanol–water partition coefficient (Wildman–Crippen LogP) is 2.33. The van der Waals surface area contributed by atoms with Gasteiger partial charge in [-0.1, -0.05) is 48.5 Å². The molecule has 7 heteroatoms. The Morgan fingerprint density at radius 1 is 1.00 bits per heavy atom. The number of carbonyl (C=O) groups is 3. The number of imide groups is 1. The lowest BCUT2D eigenvalue weighted by Gasteiger charge is -2.14. The number of rotatable bonds is 7. The molecule has 2 aromatic rings. The fourth-order valence-corrected chi connectivity index (χ4v) is 2.18. The van der Waals surface area contributed by atoms with Crippen molar-refractivity contribution < 1.29 is 23.9 Å². The van der Waals surface area contributed by atoms with Crippen molar-refractivity contribution in [2.75, 3.05) is 6.61 Å². The standard InChI is InChI=1S/C20H22N2O5/c1-14-8-6-7-11-17(14)26-13-18(23)27-15(2)19(24)22-20(25)21-12-16-9-4-3-5-10-16/h3-11,15H,12-13H2,1-2H3,(H2,21,22,24,25). The number of hydrogen-bond donors (Lipinski definition) is 2. The summed E-state index contributed by atoms with van der Waals surface area (Å²) in [5, 5.41) is 4.69. The molecule has 2 N–H and O–H groups in total. The second-order valence-electron chi connectivity index (χ2n) is 5.84. The average Bonchev–Trinajstić information content (AvgIpc) is 2.66. The van der Waals surface area contributed by atoms with Crippen LogP contribution >= 0.6 is 0 Å². The molecule has 0 aromatic heterocycles. The second-order valence-corrected chi connectivity index (χ2v) is 5.84. The van der Waals surface area contributed by atoms with Gasteiger partial charge < -0.3 is 14.8 Å². The Hall–Kier alpha value is -3.35. The van der Waals surface area contributed by atoms with E-state index in [4.69, 9.17) is 9.47 Å². The summed E-state index contributed by atoms with van der Waals surface area (Å²) >= 11 is 0. The first-order chi connectivity index (χ1) is 13.0. The van der Waals surface area contributed by atoms with Crippen molar-refractivity contribution in [1.82, 2.24) is 10.6 Å². The number of aryl methyl sites for hydroxylation is 1. The first-order valence-corrected chi connectivity index (χ1v) is 8.46. The molecule has 0 saturated heterocycles. The smallest absolute Gasteiger partial charge is 0.344 e. The zero-order valence-corrected chi connectivity index (χ0v) is 15.2. The van der Waals surface area contributed by atoms with Gasteiger partial charge in [0.25, 0.3) is 5.91 Å². The minimum Gasteiger partial charge on any atom is -0.482 e. The number of esters is 1. The van der Waals surface area contributed by atoms with Crippen molar-refractivity contribution >= 4 is 17.9 Å². The number of para-hydroxylation sites is 1. The van der Waals surface area contributed by atoms with Crippen LogP contribution in [-0.2, 0) is 20.9 Å². The van der Waals surface area contributed by atoms with Gasteiger partial charge in [-0.2, -0.15) is 0 Å². The van der Waals surface area contributed by atoms with Gasteiger partial charge in [0.1, 0.15) is 5.75 Å². The van der Waals surface area contributed by atoms with Gasteiger partial charge in [0, 0.05) is 6.54 Å². The van der Waals surface area contributed by atoms with E-state index in [1.54, 1.807) is 12.1 Å². The fourth-order valence-electron chi connectivity index (χ4n) is 2.18. The molecule has 0 spiro atoms. The highest BCUT2D eigenvalue weighted by Gasteiger charge is 2.20. The molecule has 0 bridgehead atoms. The third kappa shape index (κ3) is 6.81. The highest BCUT2D eigenvalue weighted by molar-refractivity contribution is 5.97. The maximum atomic E-state index is 11.9. The normalized spacial score (nSPS) is 11.2. The summed E-state index contributed by atoms with van der Waals surface area (Å²) in [6, 6.07) is 15.8. The zero-order valence-electron chi connectivity index (χ0n) is 15.2. The van der Waals surface area contributed by atoms with Crippen molar-refractivity contribution in [3.8, 4) is 5.75 Å². The Morgan fingerprint density at radius 3 is 2.37 bits per heavy atom. The number of hydrogen-bond acceptors (Lipinski definition) is 5. The lowest BCUT2D eigenvalue weighted by Crippen LogP contribution is -2.44. The van der Waals surface area contributed by atoms with E-state index in [0.29, 0.717) is 5.75 Å². The van der Waals surface area contributed by atoms with Crippen LogP contribution in [0, 0.1) is 6.92 Å². The van der Waals surface area contributed by atoms with Crippen molar-refractivity contribution in [3.63, 3.8) is 0 Å². The minimum absolute atomic E-state index is 0.276. The molecular weight excluding hydrogens is 348 g/mol. The molecule has 27 heavy (non-hydrogen) atoms. The largest absolute Gasteiger partial charge is 0.482 e. The molecule has 1 unspecified atom stereocenters. The van der Waals surface area contributed by atoms with Crippen molar-refractivity contribution in [1.29, 1.82) is 0 Å². The molecule has 0 aliphatic rings. The van der Waals surface area contributed by atoms with Gasteiger partial charge in [0.15, 0.2) is 12.7 Å². The Kier molecular flexibility index (Phi) is 7.37. The number of carbonyl (C=O) groups excluding carboxylic acids is 3. The van der Waals surface area contributed by atoms with E-state index in [0.717, 1.165) is 11.1 Å². The van der Waals surface area contributed by atoms with Crippen molar-refractivity contribution in [3.05, 3.63) is 65.7 Å². The number of nitrogens with one attached hydrogen (secondary N) is 2. The molecule has 0 radical (unpaired) electrons. The maximum absolute atomic E-state index is 11.9. The Balaban J connectivity index is 1.71. The van der Waals surface area contributed by atoms with E-state index in [9.17, 15) is 14.4 Å². The van der Waals surface area contributed by atoms with E-state index in [1.165, 1.54) is 6.92 Å². The number of ether oxygens (including phenoxy) is 2. The van der Waals surface area contributed by atoms with Crippen LogP contribution in [-0.4, -0.2) is 30.6 Å². The maximum Gasteiger partial charge on any atom is 0.344 e. The zero-order chi connectivity index (χ0) is 19.6. The molecule has 142 valence electrons. The van der Waals surface area contributed by atoms with E-state index in [2.05, 4.69) is 10.6 Å². The van der Waals surface area contributed by atoms with Gasteiger partial charge in [-0.25, -0.2) is 9.59 Å². The molecule has 2 rings (SSSR count). The van der Waals surface area contributed by atoms with Crippen LogP contribution in [0.25, 0.3) is 0 Å². The van der Waals surface area contributed by atoms with E-state index in [-0.39, 0.29) is 13.2 Å². The lowest BCUT2D eigenvalue weighted by molar-refractivity contribution is -0.156. The van der Waals surface area contributed by atoms with E-state index in [1.807, 2.05) is 49.4 Å². The Bertz CT molecular complexity index is 792. The molecule has 0 aliphatic heterocycles. The van der Waals surface area contributed by atoms with Crippen LogP contribution in [0.3, 0.4) is 0 Å². The molecule has 7 nitrogen and oxygen atoms in total. The predicted molar refractivity (Wildman–Crippen MR) is 99.0 cm³/mol. The lowest BCUT2D eigenvalue weighted by atomic mass is 10.2. The number of benzene rings is 2. The average molecular weight is 370 g/mol. The molecule has 0 saturated carbocycles. The van der Waals surface area contributed by atoms with Crippen LogP contribution in [0.5, 0.6) is 5.75 Å². The quantitative estimate of drug-likeness (QED) is 0.730. The number of amides is 3. The molecule has 3 amide bonds. The van der Waals surface area contributed by atoms with E-state index >= 15 is 0 Å². The molecule has 0 heterocycles. The van der Waals surface area contributed by atoms with Crippen molar-refractivity contribution in [2.24, 2.45) is 0 Å². The van der Waals surface area contributed by atoms with Gasteiger partial charge in [-0.05, 0) is 31.0 Å². The summed E-state index contributed by atoms with van der Waals surface area (Å²) in [4.78, 5) is 35.5. The summed E-state index contributed by atoms with van der Waals surface area (Å²) in [6.45, 7) is 3.18. The van der Waals surface area contributed by atoms with Crippen LogP contribution in [0.4, 0.5) is 4.79 Å². The van der Waals surface area contributed by atoms with Gasteiger partial charge >= 0.3 is 12.0 Å². The summed E-state index contributed by atoms with van der Waals surface area (Å²) in [5.74, 6) is -0.859. The third-order valence-corrected chi connectivity index (χ3v) is 3.65. The topological polar surface area (TPSA) is 93.7 Å². The molecule has 2 aromatic carbocycles. The Morgan fingerprint density at radius 2 is 1.67 bits per heavy atom. The van der Waals surface area contributed by atoms with E-state index < -0.39 is 24.0 Å². The Labute approximate surface area is 157 Å². The fraction of sp³-hybridized carbons (Fsp3) is 0.250. The molecular formula is C20H22N2O5. The van der Waals surface area contributed by atoms with Crippen molar-refractivity contribution in [2.45, 2.75) is 26.5 Å². The highest BCUT2D eigenvalue weighted by atomic mass is 16.6. The SMILES string of the molecule is Cc1ccccc1OCC(=O)OC(C)C(=O)NC(=O)NCc1ccccc1. The first-order valence-electron chi connectivity index (χ1n) is 8.46. The van der Waals surface area contributed by atoms with Gasteiger partial charge in [-0.3, -0.25) is 10.1 Å². The number of urea groups is 1. The van der Waals surface area contributed by atoms with Gasteiger partial charge in [0.2, 0.25) is 0 Å². The van der Waals surface area contributed by atoms with Crippen LogP contribution in [0.2, 0.25) is 0 Å². The van der Waals surface area contributed by atoms with Crippen LogP contribution in [0.15, 0.2) is 54.6 Å². The summed E-state index contributed by atoms with van der Waals surface area (Å²) < 4.78 is 10.3. The summed E-state index contributed by atoms with van der Waals surface area (Å²) in [5.41, 5.74) is 1.78.